The van der Waals surface area contributed by atoms with Gasteiger partial charge in [-0.25, -0.2) is 4.98 Å². The normalized spacial score (nSPS) is 14.8. The van der Waals surface area contributed by atoms with Gasteiger partial charge in [-0.2, -0.15) is 0 Å². The quantitative estimate of drug-likeness (QED) is 0.840. The first-order valence-corrected chi connectivity index (χ1v) is 9.57. The number of likely N-dealkylation sites (N-methyl/N-ethyl adjacent to an activating group) is 1. The Morgan fingerprint density at radius 1 is 1.21 bits per heavy atom. The summed E-state index contributed by atoms with van der Waals surface area (Å²) in [6.07, 6.45) is 7.01. The van der Waals surface area contributed by atoms with Gasteiger partial charge in [0.05, 0.1) is 6.42 Å². The van der Waals surface area contributed by atoms with E-state index in [4.69, 9.17) is 0 Å². The lowest BCUT2D eigenvalue weighted by atomic mass is 9.96. The van der Waals surface area contributed by atoms with Gasteiger partial charge in [-0.3, -0.25) is 9.59 Å². The number of fused-ring (bicyclic) bond motifs is 1. The lowest BCUT2D eigenvalue weighted by Gasteiger charge is -2.19. The first kappa shape index (κ1) is 18.2. The summed E-state index contributed by atoms with van der Waals surface area (Å²) >= 11 is 0. The predicted molar refractivity (Wildman–Crippen MR) is 110 cm³/mol. The number of hydrogen-bond donors (Lipinski definition) is 2. The highest BCUT2D eigenvalue weighted by Gasteiger charge is 2.30. The van der Waals surface area contributed by atoms with Crippen LogP contribution in [-0.4, -0.2) is 35.8 Å². The first-order valence-electron chi connectivity index (χ1n) is 9.57. The van der Waals surface area contributed by atoms with Crippen molar-refractivity contribution in [3.63, 3.8) is 0 Å². The number of pyridine rings is 1. The topological polar surface area (TPSA) is 74.3 Å². The zero-order valence-corrected chi connectivity index (χ0v) is 16.2. The molecule has 1 aromatic heterocycles. The summed E-state index contributed by atoms with van der Waals surface area (Å²) in [5.74, 6) is 1.59. The van der Waals surface area contributed by atoms with Crippen molar-refractivity contribution in [3.05, 3.63) is 53.7 Å². The zero-order chi connectivity index (χ0) is 19.7. The van der Waals surface area contributed by atoms with Crippen LogP contribution < -0.4 is 10.6 Å². The second kappa shape index (κ2) is 7.46. The molecule has 2 N–H and O–H groups in total. The van der Waals surface area contributed by atoms with Gasteiger partial charge in [0.1, 0.15) is 11.6 Å². The number of rotatable bonds is 5. The molecule has 0 bridgehead atoms. The maximum absolute atomic E-state index is 12.2. The van der Waals surface area contributed by atoms with Gasteiger partial charge in [0.25, 0.3) is 0 Å². The van der Waals surface area contributed by atoms with Crippen molar-refractivity contribution in [2.75, 3.05) is 24.7 Å². The van der Waals surface area contributed by atoms with Crippen LogP contribution in [0.25, 0.3) is 11.1 Å². The molecule has 144 valence electrons. The maximum atomic E-state index is 12.2. The Kier molecular flexibility index (Phi) is 4.86. The largest absolute Gasteiger partial charge is 0.349 e. The highest BCUT2D eigenvalue weighted by atomic mass is 16.2. The third-order valence-electron chi connectivity index (χ3n) is 5.10. The molecule has 0 saturated heterocycles. The summed E-state index contributed by atoms with van der Waals surface area (Å²) in [6.45, 7) is 0. The fraction of sp³-hybridized carbons (Fsp3) is 0.318. The van der Waals surface area contributed by atoms with Gasteiger partial charge < -0.3 is 15.5 Å². The van der Waals surface area contributed by atoms with Gasteiger partial charge in [0, 0.05) is 25.6 Å². The molecule has 2 amide bonds. The van der Waals surface area contributed by atoms with Crippen molar-refractivity contribution >= 4 is 23.5 Å². The van der Waals surface area contributed by atoms with E-state index < -0.39 is 0 Å². The van der Waals surface area contributed by atoms with Crippen LogP contribution in [0.4, 0.5) is 11.6 Å². The minimum atomic E-state index is 0.0438. The minimum Gasteiger partial charge on any atom is -0.349 e. The molecule has 1 aliphatic carbocycles. The van der Waals surface area contributed by atoms with E-state index in [-0.39, 0.29) is 17.7 Å². The number of nitrogens with one attached hydrogen (secondary N) is 2. The minimum absolute atomic E-state index is 0.0438. The number of amides is 2. The SMILES string of the molecule is CN(C)C(=O)Cc1ccc(-c2cc(NC(=O)C3CC3)nc3c2CC=CN3)cc1. The summed E-state index contributed by atoms with van der Waals surface area (Å²) < 4.78 is 0. The van der Waals surface area contributed by atoms with E-state index in [1.54, 1.807) is 19.0 Å². The molecular weight excluding hydrogens is 352 g/mol. The standard InChI is InChI=1S/C22H24N4O2/c1-26(2)20(27)12-14-5-7-15(8-6-14)18-13-19(25-22(28)16-9-10-16)24-21-17(18)4-3-11-23-21/h3,5-8,11,13,16H,4,9-10,12H2,1-2H3,(H2,23,24,25,28). The Bertz CT molecular complexity index is 944. The summed E-state index contributed by atoms with van der Waals surface area (Å²) in [6, 6.07) is 9.97. The first-order chi connectivity index (χ1) is 13.5. The van der Waals surface area contributed by atoms with E-state index in [1.165, 1.54) is 0 Å². The van der Waals surface area contributed by atoms with Crippen LogP contribution in [0.1, 0.15) is 24.0 Å². The third kappa shape index (κ3) is 3.91. The number of carbonyl (C=O) groups is 2. The average Bonchev–Trinajstić information content (AvgIpc) is 3.53. The Morgan fingerprint density at radius 2 is 1.96 bits per heavy atom. The van der Waals surface area contributed by atoms with Crippen LogP contribution in [0.5, 0.6) is 0 Å². The molecule has 0 radical (unpaired) electrons. The van der Waals surface area contributed by atoms with Crippen LogP contribution in [0.2, 0.25) is 0 Å². The number of aromatic nitrogens is 1. The predicted octanol–water partition coefficient (Wildman–Crippen LogP) is 3.21. The number of carbonyl (C=O) groups excluding carboxylic acids is 2. The number of nitrogens with zero attached hydrogens (tertiary/aromatic N) is 2. The fourth-order valence-corrected chi connectivity index (χ4v) is 3.24. The van der Waals surface area contributed by atoms with Crippen molar-refractivity contribution in [2.24, 2.45) is 5.92 Å². The molecular formula is C22H24N4O2. The molecule has 1 saturated carbocycles. The van der Waals surface area contributed by atoms with E-state index in [9.17, 15) is 9.59 Å². The number of allylic oxidation sites excluding steroid dienone is 1. The molecule has 1 aromatic carbocycles. The molecule has 1 fully saturated rings. The van der Waals surface area contributed by atoms with Gasteiger partial charge in [-0.1, -0.05) is 30.3 Å². The van der Waals surface area contributed by atoms with Gasteiger partial charge in [0.2, 0.25) is 11.8 Å². The molecule has 2 heterocycles. The smallest absolute Gasteiger partial charge is 0.228 e. The van der Waals surface area contributed by atoms with Crippen molar-refractivity contribution in [2.45, 2.75) is 25.7 Å². The Labute approximate surface area is 164 Å². The van der Waals surface area contributed by atoms with Crippen LogP contribution >= 0.6 is 0 Å². The van der Waals surface area contributed by atoms with Crippen molar-refractivity contribution in [3.8, 4) is 11.1 Å². The lowest BCUT2D eigenvalue weighted by Crippen LogP contribution is -2.23. The number of benzene rings is 1. The molecule has 2 aromatic rings. The van der Waals surface area contributed by atoms with Gasteiger partial charge in [-0.05, 0) is 48.2 Å². The molecule has 4 rings (SSSR count). The Morgan fingerprint density at radius 3 is 2.64 bits per heavy atom. The van der Waals surface area contributed by atoms with Crippen LogP contribution in [-0.2, 0) is 22.4 Å². The van der Waals surface area contributed by atoms with Crippen LogP contribution in [0, 0.1) is 5.92 Å². The highest BCUT2D eigenvalue weighted by molar-refractivity contribution is 5.94. The summed E-state index contributed by atoms with van der Waals surface area (Å²) in [5, 5.41) is 6.14. The molecule has 0 unspecified atom stereocenters. The maximum Gasteiger partial charge on any atom is 0.228 e. The average molecular weight is 376 g/mol. The fourth-order valence-electron chi connectivity index (χ4n) is 3.24. The highest BCUT2D eigenvalue weighted by Crippen LogP contribution is 2.35. The van der Waals surface area contributed by atoms with Crippen molar-refractivity contribution in [1.29, 1.82) is 0 Å². The number of anilines is 2. The Hall–Kier alpha value is -3.15. The summed E-state index contributed by atoms with van der Waals surface area (Å²) in [7, 11) is 3.52. The van der Waals surface area contributed by atoms with Gasteiger partial charge in [-0.15, -0.1) is 0 Å². The van der Waals surface area contributed by atoms with E-state index >= 15 is 0 Å². The van der Waals surface area contributed by atoms with E-state index in [2.05, 4.69) is 21.7 Å². The lowest BCUT2D eigenvalue weighted by molar-refractivity contribution is -0.128. The molecule has 1 aliphatic heterocycles. The molecule has 0 atom stereocenters. The van der Waals surface area contributed by atoms with Gasteiger partial charge in [0.15, 0.2) is 0 Å². The number of hydrogen-bond acceptors (Lipinski definition) is 4. The molecule has 6 heteroatoms. The molecule has 28 heavy (non-hydrogen) atoms. The third-order valence-corrected chi connectivity index (χ3v) is 5.10. The van der Waals surface area contributed by atoms with E-state index in [1.807, 2.05) is 36.5 Å². The monoisotopic (exact) mass is 376 g/mol. The Balaban J connectivity index is 1.64. The molecule has 6 nitrogen and oxygen atoms in total. The van der Waals surface area contributed by atoms with Crippen molar-refractivity contribution in [1.82, 2.24) is 9.88 Å². The van der Waals surface area contributed by atoms with E-state index in [0.29, 0.717) is 12.2 Å². The van der Waals surface area contributed by atoms with E-state index in [0.717, 1.165) is 47.3 Å². The second-order valence-electron chi connectivity index (χ2n) is 7.56. The van der Waals surface area contributed by atoms with Crippen LogP contribution in [0.3, 0.4) is 0 Å². The zero-order valence-electron chi connectivity index (χ0n) is 16.2. The van der Waals surface area contributed by atoms with Crippen LogP contribution in [0.15, 0.2) is 42.6 Å². The summed E-state index contributed by atoms with van der Waals surface area (Å²) in [4.78, 5) is 30.3. The van der Waals surface area contributed by atoms with Gasteiger partial charge >= 0.3 is 0 Å². The van der Waals surface area contributed by atoms with Crippen molar-refractivity contribution < 1.29 is 9.59 Å². The molecule has 0 spiro atoms. The molecule has 2 aliphatic rings. The second-order valence-corrected chi connectivity index (χ2v) is 7.56. The summed E-state index contributed by atoms with van der Waals surface area (Å²) in [5.41, 5.74) is 4.16.